The molecule has 2 N–H and O–H groups in total. The number of aromatic amines is 1. The summed E-state index contributed by atoms with van der Waals surface area (Å²) in [5.74, 6) is 1.80. The SMILES string of the molecule is COc1ccc(Br)c(CNC(C)c2ncc[nH]2)c1. The van der Waals surface area contributed by atoms with Crippen LogP contribution in [0.15, 0.2) is 35.1 Å². The maximum absolute atomic E-state index is 5.22. The van der Waals surface area contributed by atoms with Crippen molar-refractivity contribution >= 4 is 15.9 Å². The molecule has 0 saturated carbocycles. The van der Waals surface area contributed by atoms with E-state index in [-0.39, 0.29) is 6.04 Å². The Labute approximate surface area is 115 Å². The third-order valence-corrected chi connectivity index (χ3v) is 3.55. The Kier molecular flexibility index (Phi) is 4.38. The third-order valence-electron chi connectivity index (χ3n) is 2.78. The van der Waals surface area contributed by atoms with E-state index in [0.717, 1.165) is 28.2 Å². The molecule has 1 atom stereocenters. The summed E-state index contributed by atoms with van der Waals surface area (Å²) in [5.41, 5.74) is 1.16. The summed E-state index contributed by atoms with van der Waals surface area (Å²) in [4.78, 5) is 7.33. The Morgan fingerprint density at radius 1 is 1.50 bits per heavy atom. The lowest BCUT2D eigenvalue weighted by atomic mass is 10.2. The Morgan fingerprint density at radius 2 is 2.33 bits per heavy atom. The lowest BCUT2D eigenvalue weighted by molar-refractivity contribution is 0.413. The molecule has 0 bridgehead atoms. The van der Waals surface area contributed by atoms with Gasteiger partial charge >= 0.3 is 0 Å². The number of H-pyrrole nitrogens is 1. The lowest BCUT2D eigenvalue weighted by Gasteiger charge is -2.13. The Bertz CT molecular complexity index is 499. The highest BCUT2D eigenvalue weighted by molar-refractivity contribution is 9.10. The number of hydrogen-bond acceptors (Lipinski definition) is 3. The van der Waals surface area contributed by atoms with Crippen molar-refractivity contribution < 1.29 is 4.74 Å². The summed E-state index contributed by atoms with van der Waals surface area (Å²) in [6.07, 6.45) is 3.59. The molecule has 0 aliphatic carbocycles. The standard InChI is InChI=1S/C13H16BrN3O/c1-9(13-15-5-6-16-13)17-8-10-7-11(18-2)3-4-12(10)14/h3-7,9,17H,8H2,1-2H3,(H,15,16). The van der Waals surface area contributed by atoms with Crippen LogP contribution in [0.4, 0.5) is 0 Å². The van der Waals surface area contributed by atoms with E-state index >= 15 is 0 Å². The molecule has 0 radical (unpaired) electrons. The molecule has 18 heavy (non-hydrogen) atoms. The van der Waals surface area contributed by atoms with Crippen molar-refractivity contribution in [2.75, 3.05) is 7.11 Å². The van der Waals surface area contributed by atoms with Crippen LogP contribution in [0.3, 0.4) is 0 Å². The topological polar surface area (TPSA) is 49.9 Å². The van der Waals surface area contributed by atoms with Crippen LogP contribution in [-0.4, -0.2) is 17.1 Å². The minimum Gasteiger partial charge on any atom is -0.497 e. The average molecular weight is 310 g/mol. The Hall–Kier alpha value is -1.33. The van der Waals surface area contributed by atoms with E-state index in [9.17, 15) is 0 Å². The van der Waals surface area contributed by atoms with Crippen LogP contribution in [0.1, 0.15) is 24.4 Å². The predicted octanol–water partition coefficient (Wildman–Crippen LogP) is 3.03. The number of ether oxygens (including phenoxy) is 1. The van der Waals surface area contributed by atoms with E-state index < -0.39 is 0 Å². The van der Waals surface area contributed by atoms with Gasteiger partial charge in [-0.1, -0.05) is 15.9 Å². The minimum atomic E-state index is 0.179. The first-order valence-electron chi connectivity index (χ1n) is 5.76. The second-order valence-corrected chi connectivity index (χ2v) is 4.89. The van der Waals surface area contributed by atoms with E-state index in [0.29, 0.717) is 0 Å². The van der Waals surface area contributed by atoms with Gasteiger partial charge in [-0.05, 0) is 30.7 Å². The van der Waals surface area contributed by atoms with Crippen molar-refractivity contribution in [3.05, 3.63) is 46.5 Å². The van der Waals surface area contributed by atoms with Crippen LogP contribution in [0.5, 0.6) is 5.75 Å². The zero-order valence-electron chi connectivity index (χ0n) is 10.4. The maximum atomic E-state index is 5.22. The molecule has 2 aromatic rings. The third kappa shape index (κ3) is 3.11. The van der Waals surface area contributed by atoms with Gasteiger partial charge in [-0.25, -0.2) is 4.98 Å². The lowest BCUT2D eigenvalue weighted by Crippen LogP contribution is -2.19. The largest absolute Gasteiger partial charge is 0.497 e. The van der Waals surface area contributed by atoms with Gasteiger partial charge in [0.2, 0.25) is 0 Å². The average Bonchev–Trinajstić information content (AvgIpc) is 2.91. The summed E-state index contributed by atoms with van der Waals surface area (Å²) >= 11 is 3.54. The first-order valence-corrected chi connectivity index (χ1v) is 6.55. The van der Waals surface area contributed by atoms with Gasteiger partial charge in [0.25, 0.3) is 0 Å². The highest BCUT2D eigenvalue weighted by Gasteiger charge is 2.08. The molecule has 0 aliphatic heterocycles. The fourth-order valence-electron chi connectivity index (χ4n) is 1.69. The number of methoxy groups -OCH3 is 1. The van der Waals surface area contributed by atoms with Gasteiger partial charge in [0.05, 0.1) is 13.2 Å². The normalized spacial score (nSPS) is 12.4. The molecule has 4 nitrogen and oxygen atoms in total. The molecule has 0 fully saturated rings. The van der Waals surface area contributed by atoms with Crippen LogP contribution in [0.25, 0.3) is 0 Å². The van der Waals surface area contributed by atoms with Gasteiger partial charge in [-0.2, -0.15) is 0 Å². The van der Waals surface area contributed by atoms with Gasteiger partial charge < -0.3 is 15.0 Å². The molecular weight excluding hydrogens is 294 g/mol. The quantitative estimate of drug-likeness (QED) is 0.892. The van der Waals surface area contributed by atoms with Crippen LogP contribution < -0.4 is 10.1 Å². The van der Waals surface area contributed by atoms with Crippen molar-refractivity contribution in [3.63, 3.8) is 0 Å². The number of aromatic nitrogens is 2. The summed E-state index contributed by atoms with van der Waals surface area (Å²) < 4.78 is 6.29. The second-order valence-electron chi connectivity index (χ2n) is 4.03. The Morgan fingerprint density at radius 3 is 3.00 bits per heavy atom. The van der Waals surface area contributed by atoms with Crippen LogP contribution in [0, 0.1) is 0 Å². The summed E-state index contributed by atoms with van der Waals surface area (Å²) in [5, 5.41) is 3.41. The summed E-state index contributed by atoms with van der Waals surface area (Å²) in [6.45, 7) is 2.83. The molecular formula is C13H16BrN3O. The molecule has 5 heteroatoms. The highest BCUT2D eigenvalue weighted by atomic mass is 79.9. The van der Waals surface area contributed by atoms with E-state index in [4.69, 9.17) is 4.74 Å². The zero-order valence-corrected chi connectivity index (χ0v) is 12.0. The number of imidazole rings is 1. The van der Waals surface area contributed by atoms with E-state index in [2.05, 4.69) is 38.1 Å². The number of rotatable bonds is 5. The van der Waals surface area contributed by atoms with Crippen molar-refractivity contribution in [1.29, 1.82) is 0 Å². The maximum Gasteiger partial charge on any atom is 0.122 e. The minimum absolute atomic E-state index is 0.179. The zero-order chi connectivity index (χ0) is 13.0. The van der Waals surface area contributed by atoms with E-state index in [1.165, 1.54) is 0 Å². The van der Waals surface area contributed by atoms with Crippen molar-refractivity contribution in [1.82, 2.24) is 15.3 Å². The number of nitrogens with zero attached hydrogens (tertiary/aromatic N) is 1. The van der Waals surface area contributed by atoms with Crippen molar-refractivity contribution in [3.8, 4) is 5.75 Å². The number of nitrogens with one attached hydrogen (secondary N) is 2. The number of benzene rings is 1. The molecule has 0 amide bonds. The van der Waals surface area contributed by atoms with E-state index in [1.54, 1.807) is 13.3 Å². The van der Waals surface area contributed by atoms with Crippen LogP contribution >= 0.6 is 15.9 Å². The van der Waals surface area contributed by atoms with Crippen molar-refractivity contribution in [2.24, 2.45) is 0 Å². The first-order chi connectivity index (χ1) is 8.70. The predicted molar refractivity (Wildman–Crippen MR) is 74.5 cm³/mol. The number of halogens is 1. The Balaban J connectivity index is 2.01. The molecule has 0 spiro atoms. The molecule has 1 aromatic heterocycles. The van der Waals surface area contributed by atoms with Gasteiger partial charge in [-0.15, -0.1) is 0 Å². The van der Waals surface area contributed by atoms with Crippen LogP contribution in [-0.2, 0) is 6.54 Å². The smallest absolute Gasteiger partial charge is 0.122 e. The van der Waals surface area contributed by atoms with Crippen LogP contribution in [0.2, 0.25) is 0 Å². The molecule has 0 saturated heterocycles. The summed E-state index contributed by atoms with van der Waals surface area (Å²) in [6, 6.07) is 6.13. The molecule has 0 aliphatic rings. The van der Waals surface area contributed by atoms with Crippen molar-refractivity contribution in [2.45, 2.75) is 19.5 Å². The molecule has 1 heterocycles. The molecule has 1 aromatic carbocycles. The van der Waals surface area contributed by atoms with Gasteiger partial charge in [0.1, 0.15) is 11.6 Å². The number of hydrogen-bond donors (Lipinski definition) is 2. The van der Waals surface area contributed by atoms with Gasteiger partial charge in [-0.3, -0.25) is 0 Å². The highest BCUT2D eigenvalue weighted by Crippen LogP contribution is 2.23. The summed E-state index contributed by atoms with van der Waals surface area (Å²) in [7, 11) is 1.67. The first kappa shape index (κ1) is 13.1. The van der Waals surface area contributed by atoms with Gasteiger partial charge in [0, 0.05) is 23.4 Å². The van der Waals surface area contributed by atoms with E-state index in [1.807, 2.05) is 24.4 Å². The monoisotopic (exact) mass is 309 g/mol. The van der Waals surface area contributed by atoms with Gasteiger partial charge in [0.15, 0.2) is 0 Å². The fraction of sp³-hybridized carbons (Fsp3) is 0.308. The molecule has 1 unspecified atom stereocenters. The fourth-order valence-corrected chi connectivity index (χ4v) is 2.07. The molecule has 2 rings (SSSR count). The second kappa shape index (κ2) is 6.02. The molecule has 96 valence electrons.